The lowest BCUT2D eigenvalue weighted by Crippen LogP contribution is -2.28. The number of nitrogens with zero attached hydrogens (tertiary/aromatic N) is 1. The number of aldehydes is 1. The van der Waals surface area contributed by atoms with Crippen LogP contribution in [-0.4, -0.2) is 30.7 Å². The normalized spacial score (nSPS) is 11.1. The molecular formula is C11H10F3NO2. The smallest absolute Gasteiger partial charge is 0.335 e. The predicted octanol–water partition coefficient (Wildman–Crippen LogP) is 1.98. The van der Waals surface area contributed by atoms with Crippen molar-refractivity contribution in [3.8, 4) is 0 Å². The van der Waals surface area contributed by atoms with Gasteiger partial charge in [0.25, 0.3) is 5.91 Å². The Balaban J connectivity index is 2.88. The first-order chi connectivity index (χ1) is 7.86. The van der Waals surface area contributed by atoms with E-state index in [1.807, 2.05) is 0 Å². The topological polar surface area (TPSA) is 37.4 Å². The summed E-state index contributed by atoms with van der Waals surface area (Å²) in [5.41, 5.74) is -0.700. The van der Waals surface area contributed by atoms with Gasteiger partial charge in [-0.25, -0.2) is 0 Å². The summed E-state index contributed by atoms with van der Waals surface area (Å²) in [6, 6.07) is 3.85. The highest BCUT2D eigenvalue weighted by Crippen LogP contribution is 2.29. The monoisotopic (exact) mass is 245 g/mol. The summed E-state index contributed by atoms with van der Waals surface area (Å²) in [5.74, 6) is -0.495. The Morgan fingerprint density at radius 2 is 1.82 bits per heavy atom. The highest BCUT2D eigenvalue weighted by atomic mass is 19.4. The molecule has 92 valence electrons. The van der Waals surface area contributed by atoms with Crippen LogP contribution in [0.3, 0.4) is 0 Å². The first kappa shape index (κ1) is 13.2. The van der Waals surface area contributed by atoms with Gasteiger partial charge in [0.1, 0.15) is 6.29 Å². The van der Waals surface area contributed by atoms with Crippen LogP contribution in [0.2, 0.25) is 0 Å². The van der Waals surface area contributed by atoms with Gasteiger partial charge in [0.05, 0.1) is 12.1 Å². The summed E-state index contributed by atoms with van der Waals surface area (Å²) in [6.45, 7) is -0.0974. The molecule has 0 atom stereocenters. The fraction of sp³-hybridized carbons (Fsp3) is 0.273. The predicted molar refractivity (Wildman–Crippen MR) is 54.5 cm³/mol. The van der Waals surface area contributed by atoms with Crippen LogP contribution in [0.4, 0.5) is 13.2 Å². The van der Waals surface area contributed by atoms with E-state index in [-0.39, 0.29) is 12.1 Å². The molecule has 1 amide bonds. The SMILES string of the molecule is CN(CC=O)C(=O)c1ccc(C(F)(F)F)cc1. The molecule has 0 heterocycles. The number of amides is 1. The fourth-order valence-corrected chi connectivity index (χ4v) is 1.22. The zero-order valence-electron chi connectivity index (χ0n) is 8.99. The number of halogens is 3. The lowest BCUT2D eigenvalue weighted by Gasteiger charge is -2.14. The van der Waals surface area contributed by atoms with E-state index in [0.717, 1.165) is 29.2 Å². The second-order valence-corrected chi connectivity index (χ2v) is 3.43. The first-order valence-corrected chi connectivity index (χ1v) is 4.72. The maximum absolute atomic E-state index is 12.3. The number of benzene rings is 1. The Bertz CT molecular complexity index is 412. The quantitative estimate of drug-likeness (QED) is 0.763. The third-order valence-electron chi connectivity index (χ3n) is 2.15. The molecule has 0 radical (unpaired) electrons. The molecule has 0 bridgehead atoms. The molecule has 0 aliphatic heterocycles. The third-order valence-corrected chi connectivity index (χ3v) is 2.15. The second-order valence-electron chi connectivity index (χ2n) is 3.43. The van der Waals surface area contributed by atoms with Crippen LogP contribution in [0.25, 0.3) is 0 Å². The third kappa shape index (κ3) is 3.30. The van der Waals surface area contributed by atoms with Crippen LogP contribution in [-0.2, 0) is 11.0 Å². The highest BCUT2D eigenvalue weighted by Gasteiger charge is 2.30. The van der Waals surface area contributed by atoms with E-state index in [9.17, 15) is 22.8 Å². The summed E-state index contributed by atoms with van der Waals surface area (Å²) in [7, 11) is 1.40. The zero-order chi connectivity index (χ0) is 13.1. The Hall–Kier alpha value is -1.85. The average Bonchev–Trinajstić information content (AvgIpc) is 2.27. The van der Waals surface area contributed by atoms with Gasteiger partial charge in [0.2, 0.25) is 0 Å². The van der Waals surface area contributed by atoms with Gasteiger partial charge in [-0.1, -0.05) is 0 Å². The van der Waals surface area contributed by atoms with Crippen molar-refractivity contribution >= 4 is 12.2 Å². The minimum Gasteiger partial charge on any atom is -0.335 e. The molecule has 1 rings (SSSR count). The minimum atomic E-state index is -4.42. The molecule has 0 aromatic heterocycles. The molecule has 0 unspecified atom stereocenters. The number of carbonyl (C=O) groups excluding carboxylic acids is 2. The molecule has 6 heteroatoms. The van der Waals surface area contributed by atoms with Crippen molar-refractivity contribution in [2.24, 2.45) is 0 Å². The molecule has 0 fully saturated rings. The van der Waals surface area contributed by atoms with Crippen molar-refractivity contribution in [2.75, 3.05) is 13.6 Å². The lowest BCUT2D eigenvalue weighted by atomic mass is 10.1. The Morgan fingerprint density at radius 3 is 2.24 bits per heavy atom. The highest BCUT2D eigenvalue weighted by molar-refractivity contribution is 5.95. The van der Waals surface area contributed by atoms with E-state index in [1.165, 1.54) is 7.05 Å². The summed E-state index contributed by atoms with van der Waals surface area (Å²) in [5, 5.41) is 0. The zero-order valence-corrected chi connectivity index (χ0v) is 8.99. The van der Waals surface area contributed by atoms with Gasteiger partial charge < -0.3 is 9.69 Å². The summed E-state index contributed by atoms with van der Waals surface area (Å²) >= 11 is 0. The van der Waals surface area contributed by atoms with Crippen molar-refractivity contribution < 1.29 is 22.8 Å². The van der Waals surface area contributed by atoms with Gasteiger partial charge in [0.15, 0.2) is 0 Å². The molecule has 0 saturated heterocycles. The molecule has 0 aliphatic rings. The Kier molecular flexibility index (Phi) is 3.88. The number of likely N-dealkylation sites (N-methyl/N-ethyl adjacent to an activating group) is 1. The van der Waals surface area contributed by atoms with Crippen molar-refractivity contribution in [2.45, 2.75) is 6.18 Å². The van der Waals surface area contributed by atoms with Crippen molar-refractivity contribution in [3.05, 3.63) is 35.4 Å². The van der Waals surface area contributed by atoms with Crippen LogP contribution in [0.1, 0.15) is 15.9 Å². The van der Waals surface area contributed by atoms with Crippen molar-refractivity contribution in [1.29, 1.82) is 0 Å². The molecule has 0 N–H and O–H groups in total. The fourth-order valence-electron chi connectivity index (χ4n) is 1.22. The van der Waals surface area contributed by atoms with Gasteiger partial charge in [-0.3, -0.25) is 4.79 Å². The summed E-state index contributed by atoms with van der Waals surface area (Å²) < 4.78 is 36.8. The van der Waals surface area contributed by atoms with Crippen molar-refractivity contribution in [3.63, 3.8) is 0 Å². The number of hydrogen-bond acceptors (Lipinski definition) is 2. The van der Waals surface area contributed by atoms with E-state index >= 15 is 0 Å². The number of hydrogen-bond donors (Lipinski definition) is 0. The second kappa shape index (κ2) is 4.99. The van der Waals surface area contributed by atoms with Crippen LogP contribution in [0, 0.1) is 0 Å². The van der Waals surface area contributed by atoms with Gasteiger partial charge in [0, 0.05) is 12.6 Å². The number of alkyl halides is 3. The largest absolute Gasteiger partial charge is 0.416 e. The van der Waals surface area contributed by atoms with E-state index in [2.05, 4.69) is 0 Å². The first-order valence-electron chi connectivity index (χ1n) is 4.72. The van der Waals surface area contributed by atoms with Crippen LogP contribution < -0.4 is 0 Å². The summed E-state index contributed by atoms with van der Waals surface area (Å²) in [6.07, 6.45) is -3.88. The molecular weight excluding hydrogens is 235 g/mol. The molecule has 0 aliphatic carbocycles. The molecule has 17 heavy (non-hydrogen) atoms. The number of carbonyl (C=O) groups is 2. The minimum absolute atomic E-state index is 0.0974. The van der Waals surface area contributed by atoms with E-state index in [4.69, 9.17) is 0 Å². The van der Waals surface area contributed by atoms with Gasteiger partial charge in [-0.2, -0.15) is 13.2 Å². The molecule has 0 spiro atoms. The molecule has 1 aromatic rings. The van der Waals surface area contributed by atoms with Gasteiger partial charge in [-0.05, 0) is 24.3 Å². The van der Waals surface area contributed by atoms with Crippen LogP contribution in [0.15, 0.2) is 24.3 Å². The van der Waals surface area contributed by atoms with E-state index in [0.29, 0.717) is 6.29 Å². The van der Waals surface area contributed by atoms with Gasteiger partial charge >= 0.3 is 6.18 Å². The lowest BCUT2D eigenvalue weighted by molar-refractivity contribution is -0.137. The molecule has 1 aromatic carbocycles. The van der Waals surface area contributed by atoms with E-state index in [1.54, 1.807) is 0 Å². The maximum atomic E-state index is 12.3. The van der Waals surface area contributed by atoms with E-state index < -0.39 is 17.6 Å². The molecule has 3 nitrogen and oxygen atoms in total. The maximum Gasteiger partial charge on any atom is 0.416 e. The Labute approximate surface area is 95.8 Å². The Morgan fingerprint density at radius 1 is 1.29 bits per heavy atom. The summed E-state index contributed by atoms with van der Waals surface area (Å²) in [4.78, 5) is 22.9. The van der Waals surface area contributed by atoms with Crippen molar-refractivity contribution in [1.82, 2.24) is 4.90 Å². The van der Waals surface area contributed by atoms with Crippen LogP contribution in [0.5, 0.6) is 0 Å². The number of rotatable bonds is 3. The average molecular weight is 245 g/mol. The van der Waals surface area contributed by atoms with Crippen LogP contribution >= 0.6 is 0 Å². The van der Waals surface area contributed by atoms with Gasteiger partial charge in [-0.15, -0.1) is 0 Å². The molecule has 0 saturated carbocycles. The standard InChI is InChI=1S/C11H10F3NO2/c1-15(6-7-16)10(17)8-2-4-9(5-3-8)11(12,13)14/h2-5,7H,6H2,1H3.